The average Bonchev–Trinajstić information content (AvgIpc) is 3.66. The van der Waals surface area contributed by atoms with Gasteiger partial charge in [0.15, 0.2) is 0 Å². The molecule has 0 saturated carbocycles. The highest BCUT2D eigenvalue weighted by atomic mass is 16.4. The molecular formula is C36H42N4O8. The molecule has 0 spiro atoms. The predicted octanol–water partition coefficient (Wildman–Crippen LogP) is 3.36. The van der Waals surface area contributed by atoms with E-state index in [-0.39, 0.29) is 38.1 Å². The largest absolute Gasteiger partial charge is 0.481 e. The predicted molar refractivity (Wildman–Crippen MR) is 179 cm³/mol. The topological polar surface area (TPSA) is 209 Å². The third-order valence-electron chi connectivity index (χ3n) is 9.70. The Balaban J connectivity index is 1.80. The summed E-state index contributed by atoms with van der Waals surface area (Å²) in [4.78, 5) is 57.0. The van der Waals surface area contributed by atoms with Gasteiger partial charge in [-0.1, -0.05) is 0 Å². The molecule has 48 heavy (non-hydrogen) atoms. The fraction of sp³-hybridized carbons (Fsp3) is 0.389. The van der Waals surface area contributed by atoms with Gasteiger partial charge in [-0.15, -0.1) is 0 Å². The number of carboxylic acids is 4. The van der Waals surface area contributed by atoms with Crippen molar-refractivity contribution in [3.8, 4) is 0 Å². The van der Waals surface area contributed by atoms with Gasteiger partial charge in [-0.3, -0.25) is 19.2 Å². The van der Waals surface area contributed by atoms with E-state index in [0.29, 0.717) is 25.7 Å². The summed E-state index contributed by atoms with van der Waals surface area (Å²) in [5.41, 5.74) is 11.1. The van der Waals surface area contributed by atoms with Crippen LogP contribution in [0.1, 0.15) is 95.2 Å². The van der Waals surface area contributed by atoms with Gasteiger partial charge in [0, 0.05) is 71.3 Å². The van der Waals surface area contributed by atoms with E-state index in [9.17, 15) is 39.6 Å². The van der Waals surface area contributed by atoms with Crippen LogP contribution >= 0.6 is 0 Å². The number of allylic oxidation sites excluding steroid dienone is 1. The van der Waals surface area contributed by atoms with E-state index in [0.717, 1.165) is 83.7 Å². The lowest BCUT2D eigenvalue weighted by atomic mass is 9.95. The van der Waals surface area contributed by atoms with Gasteiger partial charge < -0.3 is 40.7 Å². The summed E-state index contributed by atoms with van der Waals surface area (Å²) in [7, 11) is 0. The second-order valence-corrected chi connectivity index (χ2v) is 12.7. The maximum Gasteiger partial charge on any atom is 0.303 e. The van der Waals surface area contributed by atoms with E-state index >= 15 is 0 Å². The smallest absolute Gasteiger partial charge is 0.303 e. The van der Waals surface area contributed by atoms with Crippen molar-refractivity contribution in [1.29, 1.82) is 0 Å². The van der Waals surface area contributed by atoms with Crippen LogP contribution in [0.25, 0.3) is 18.2 Å². The van der Waals surface area contributed by atoms with Crippen LogP contribution in [-0.2, 0) is 44.9 Å². The quantitative estimate of drug-likeness (QED) is 0.143. The first-order chi connectivity index (χ1) is 22.7. The van der Waals surface area contributed by atoms with Crippen molar-refractivity contribution in [2.24, 2.45) is 0 Å². The van der Waals surface area contributed by atoms with E-state index in [1.807, 2.05) is 45.9 Å². The van der Waals surface area contributed by atoms with Crippen molar-refractivity contribution >= 4 is 42.1 Å². The van der Waals surface area contributed by atoms with Crippen molar-refractivity contribution in [2.75, 3.05) is 0 Å². The Morgan fingerprint density at radius 1 is 0.604 bits per heavy atom. The number of fused-ring (bicyclic) bond motifs is 8. The van der Waals surface area contributed by atoms with Crippen LogP contribution in [0.2, 0.25) is 0 Å². The maximum absolute atomic E-state index is 11.6. The van der Waals surface area contributed by atoms with Crippen molar-refractivity contribution in [3.05, 3.63) is 83.7 Å². The van der Waals surface area contributed by atoms with E-state index in [4.69, 9.17) is 0 Å². The number of aliphatic carboxylic acids is 4. The number of aromatic nitrogens is 3. The second-order valence-electron chi connectivity index (χ2n) is 12.7. The molecule has 0 radical (unpaired) electrons. The van der Waals surface area contributed by atoms with E-state index < -0.39 is 23.9 Å². The number of nitrogens with one attached hydrogen (secondary N) is 4. The molecule has 5 rings (SSSR count). The summed E-state index contributed by atoms with van der Waals surface area (Å²) in [5.74, 6) is -3.63. The first-order valence-corrected chi connectivity index (χ1v) is 16.1. The molecule has 12 heteroatoms. The van der Waals surface area contributed by atoms with Crippen LogP contribution in [0.4, 0.5) is 0 Å². The Labute approximate surface area is 277 Å². The van der Waals surface area contributed by atoms with Crippen LogP contribution in [-0.4, -0.2) is 65.3 Å². The van der Waals surface area contributed by atoms with Gasteiger partial charge in [-0.25, -0.2) is 0 Å². The standard InChI is InChI=1S/C36H42N4O8/c1-17-21(5-9-33(41)42)29-14-26-19(3)23(7-11-35(45)46)31(39-26)16-28-20(4)24(8-12-36(47)48)32(40-28)15-27-18(2)22(6-10-34(43)44)30(38-27)13-25(17)37-29/h13-15,31,37-40H,5-12,16H2,1-4H3,(H,41,42)(H,43,44)(H,45,46)(H,47,48)/b26-14+,27-15-,30-13-. The first-order valence-electron chi connectivity index (χ1n) is 16.1. The summed E-state index contributed by atoms with van der Waals surface area (Å²) < 4.78 is 0. The van der Waals surface area contributed by atoms with Gasteiger partial charge >= 0.3 is 23.9 Å². The fourth-order valence-corrected chi connectivity index (χ4v) is 6.98. The van der Waals surface area contributed by atoms with Crippen LogP contribution < -0.4 is 16.0 Å². The summed E-state index contributed by atoms with van der Waals surface area (Å²) in [6.45, 7) is 7.78. The average molecular weight is 659 g/mol. The maximum atomic E-state index is 11.6. The Morgan fingerprint density at radius 2 is 1.12 bits per heavy atom. The molecule has 1 atom stereocenters. The van der Waals surface area contributed by atoms with Gasteiger partial charge in [-0.2, -0.15) is 0 Å². The SMILES string of the molecule is CC1=C(CCC(=O)O)C2Cc3[nH]c(c(CCC(=O)O)c3C)/C=c3\[nH]/c(c(CCC(=O)O)c3C)=C\c3[nH]c(c(CCC(=O)O)c3C)/C=C\1N2. The lowest BCUT2D eigenvalue weighted by Gasteiger charge is -2.16. The minimum absolute atomic E-state index is 0.0340. The summed E-state index contributed by atoms with van der Waals surface area (Å²) in [6.07, 6.45) is 7.34. The monoisotopic (exact) mass is 658 g/mol. The molecule has 12 nitrogen and oxygen atoms in total. The zero-order valence-corrected chi connectivity index (χ0v) is 27.6. The van der Waals surface area contributed by atoms with Gasteiger partial charge in [0.05, 0.1) is 6.04 Å². The number of H-pyrrole nitrogens is 3. The molecule has 3 aromatic rings. The molecule has 254 valence electrons. The molecule has 8 bridgehead atoms. The number of hydrogen-bond acceptors (Lipinski definition) is 5. The lowest BCUT2D eigenvalue weighted by Crippen LogP contribution is -2.27. The fourth-order valence-electron chi connectivity index (χ4n) is 6.98. The highest BCUT2D eigenvalue weighted by Gasteiger charge is 2.29. The molecule has 2 aliphatic heterocycles. The van der Waals surface area contributed by atoms with E-state index in [1.165, 1.54) is 0 Å². The summed E-state index contributed by atoms with van der Waals surface area (Å²) >= 11 is 0. The zero-order chi connectivity index (χ0) is 34.9. The first kappa shape index (κ1) is 34.1. The molecule has 8 N–H and O–H groups in total. The normalized spacial score (nSPS) is 17.9. The number of hydrogen-bond donors (Lipinski definition) is 8. The number of rotatable bonds is 12. The van der Waals surface area contributed by atoms with E-state index in [1.54, 1.807) is 0 Å². The highest BCUT2D eigenvalue weighted by molar-refractivity contribution is 5.72. The Hall–Kier alpha value is -5.26. The molecule has 2 aliphatic rings. The van der Waals surface area contributed by atoms with Crippen LogP contribution in [0.5, 0.6) is 0 Å². The Bertz CT molecular complexity index is 2000. The van der Waals surface area contributed by atoms with Gasteiger partial charge in [0.25, 0.3) is 0 Å². The second kappa shape index (κ2) is 13.8. The summed E-state index contributed by atoms with van der Waals surface area (Å²) in [6, 6.07) is -0.230. The van der Waals surface area contributed by atoms with Crippen molar-refractivity contribution in [1.82, 2.24) is 20.3 Å². The van der Waals surface area contributed by atoms with Crippen molar-refractivity contribution in [2.45, 2.75) is 91.5 Å². The molecule has 1 unspecified atom stereocenters. The molecule has 0 fully saturated rings. The summed E-state index contributed by atoms with van der Waals surface area (Å²) in [5, 5.41) is 43.2. The van der Waals surface area contributed by atoms with E-state index in [2.05, 4.69) is 20.3 Å². The van der Waals surface area contributed by atoms with Crippen molar-refractivity contribution < 1.29 is 39.6 Å². The highest BCUT2D eigenvalue weighted by Crippen LogP contribution is 2.34. The molecule has 0 aromatic carbocycles. The molecule has 0 saturated heterocycles. The molecule has 5 heterocycles. The molecule has 3 aromatic heterocycles. The number of carbonyl (C=O) groups is 4. The van der Waals surface area contributed by atoms with Crippen LogP contribution in [0.3, 0.4) is 0 Å². The molecular weight excluding hydrogens is 616 g/mol. The Kier molecular flexibility index (Phi) is 9.83. The zero-order valence-electron chi connectivity index (χ0n) is 27.6. The minimum Gasteiger partial charge on any atom is -0.481 e. The Morgan fingerprint density at radius 3 is 1.73 bits per heavy atom. The lowest BCUT2D eigenvalue weighted by molar-refractivity contribution is -0.138. The molecule has 0 amide bonds. The third kappa shape index (κ3) is 7.17. The van der Waals surface area contributed by atoms with Crippen LogP contribution in [0, 0.1) is 20.8 Å². The number of carboxylic acid groups (broad SMARTS) is 4. The van der Waals surface area contributed by atoms with Gasteiger partial charge in [0.1, 0.15) is 0 Å². The van der Waals surface area contributed by atoms with Crippen molar-refractivity contribution in [3.63, 3.8) is 0 Å². The van der Waals surface area contributed by atoms with Crippen LogP contribution in [0.15, 0.2) is 16.8 Å². The van der Waals surface area contributed by atoms with Gasteiger partial charge in [0.2, 0.25) is 0 Å². The van der Waals surface area contributed by atoms with Gasteiger partial charge in [-0.05, 0) is 116 Å². The minimum atomic E-state index is -0.916. The molecule has 0 aliphatic carbocycles. The number of aromatic amines is 3. The third-order valence-corrected chi connectivity index (χ3v) is 9.70.